The molecule has 0 aliphatic heterocycles. The molecule has 1 atom stereocenters. The zero-order valence-corrected chi connectivity index (χ0v) is 10.8. The molecule has 0 radical (unpaired) electrons. The summed E-state index contributed by atoms with van der Waals surface area (Å²) in [5.74, 6) is -0.236. The highest BCUT2D eigenvalue weighted by atomic mass is 32.1. The van der Waals surface area contributed by atoms with Gasteiger partial charge in [0.25, 0.3) is 5.91 Å². The molecule has 1 aromatic heterocycles. The molecule has 0 saturated carbocycles. The van der Waals surface area contributed by atoms with Crippen molar-refractivity contribution in [2.24, 2.45) is 5.73 Å². The van der Waals surface area contributed by atoms with Crippen LogP contribution in [0.2, 0.25) is 0 Å². The van der Waals surface area contributed by atoms with Gasteiger partial charge in [-0.15, -0.1) is 11.3 Å². The lowest BCUT2D eigenvalue weighted by molar-refractivity contribution is 0.0906. The summed E-state index contributed by atoms with van der Waals surface area (Å²) in [4.78, 5) is 15.8. The predicted octanol–water partition coefficient (Wildman–Crippen LogP) is 0.535. The summed E-state index contributed by atoms with van der Waals surface area (Å²) in [5, 5.41) is 14.7. The van der Waals surface area contributed by atoms with E-state index in [9.17, 15) is 9.90 Å². The van der Waals surface area contributed by atoms with Crippen LogP contribution in [0.5, 0.6) is 0 Å². The number of amides is 1. The summed E-state index contributed by atoms with van der Waals surface area (Å²) in [6.45, 7) is 2.80. The summed E-state index contributed by atoms with van der Waals surface area (Å²) in [6.07, 6.45) is 1.80. The Morgan fingerprint density at radius 3 is 3.12 bits per heavy atom. The average Bonchev–Trinajstić information content (AvgIpc) is 2.75. The van der Waals surface area contributed by atoms with Crippen LogP contribution >= 0.6 is 11.3 Å². The minimum Gasteiger partial charge on any atom is -0.391 e. The molecule has 0 aliphatic carbocycles. The summed E-state index contributed by atoms with van der Waals surface area (Å²) in [7, 11) is 0. The highest BCUT2D eigenvalue weighted by Crippen LogP contribution is 2.09. The Bertz CT molecular complexity index is 354. The molecule has 5 nitrogen and oxygen atoms in total. The molecule has 0 bridgehead atoms. The average molecular weight is 257 g/mol. The van der Waals surface area contributed by atoms with Crippen LogP contribution in [0.3, 0.4) is 0 Å². The van der Waals surface area contributed by atoms with Crippen LogP contribution in [0.1, 0.15) is 35.3 Å². The van der Waals surface area contributed by atoms with Gasteiger partial charge in [-0.3, -0.25) is 4.79 Å². The topological polar surface area (TPSA) is 88.2 Å². The minimum atomic E-state index is -0.480. The molecule has 0 spiro atoms. The van der Waals surface area contributed by atoms with Crippen molar-refractivity contribution in [3.8, 4) is 0 Å². The minimum absolute atomic E-state index is 0.236. The van der Waals surface area contributed by atoms with E-state index >= 15 is 0 Å². The first-order chi connectivity index (χ1) is 8.17. The monoisotopic (exact) mass is 257 g/mol. The standard InChI is InChI=1S/C11H19N3O2S/c1-2-3-8(15)6-13-11(16)9-7-17-10(14-9)4-5-12/h7-8,15H,2-6,12H2,1H3,(H,13,16). The molecule has 1 unspecified atom stereocenters. The molecule has 4 N–H and O–H groups in total. The highest BCUT2D eigenvalue weighted by Gasteiger charge is 2.11. The maximum Gasteiger partial charge on any atom is 0.270 e. The van der Waals surface area contributed by atoms with Gasteiger partial charge in [0.2, 0.25) is 0 Å². The number of carbonyl (C=O) groups excluding carboxylic acids is 1. The number of nitrogens with two attached hydrogens (primary N) is 1. The highest BCUT2D eigenvalue weighted by molar-refractivity contribution is 7.09. The van der Waals surface area contributed by atoms with Gasteiger partial charge in [0.1, 0.15) is 5.69 Å². The quantitative estimate of drug-likeness (QED) is 0.665. The Balaban J connectivity index is 2.40. The number of hydrogen-bond acceptors (Lipinski definition) is 5. The summed E-state index contributed by atoms with van der Waals surface area (Å²) in [5.41, 5.74) is 5.82. The first-order valence-corrected chi connectivity index (χ1v) is 6.66. The van der Waals surface area contributed by atoms with Crippen LogP contribution in [0.25, 0.3) is 0 Å². The van der Waals surface area contributed by atoms with Crippen molar-refractivity contribution < 1.29 is 9.90 Å². The lowest BCUT2D eigenvalue weighted by Gasteiger charge is -2.09. The van der Waals surface area contributed by atoms with E-state index in [1.165, 1.54) is 11.3 Å². The molecule has 0 aliphatic rings. The zero-order valence-electron chi connectivity index (χ0n) is 9.98. The molecule has 96 valence electrons. The Morgan fingerprint density at radius 1 is 1.71 bits per heavy atom. The van der Waals surface area contributed by atoms with Gasteiger partial charge in [-0.05, 0) is 13.0 Å². The van der Waals surface area contributed by atoms with Crippen LogP contribution in [-0.2, 0) is 6.42 Å². The van der Waals surface area contributed by atoms with Crippen LogP contribution in [0, 0.1) is 0 Å². The molecule has 1 amide bonds. The second-order valence-electron chi connectivity index (χ2n) is 3.82. The van der Waals surface area contributed by atoms with Gasteiger partial charge < -0.3 is 16.2 Å². The lowest BCUT2D eigenvalue weighted by Crippen LogP contribution is -2.32. The second-order valence-corrected chi connectivity index (χ2v) is 4.76. The van der Waals surface area contributed by atoms with E-state index < -0.39 is 6.10 Å². The number of thiazole rings is 1. The van der Waals surface area contributed by atoms with Gasteiger partial charge in [0, 0.05) is 18.3 Å². The third kappa shape index (κ3) is 4.80. The Kier molecular flexibility index (Phi) is 6.10. The smallest absolute Gasteiger partial charge is 0.270 e. The molecule has 1 heterocycles. The van der Waals surface area contributed by atoms with Crippen LogP contribution in [0.4, 0.5) is 0 Å². The van der Waals surface area contributed by atoms with Crippen molar-refractivity contribution in [2.45, 2.75) is 32.3 Å². The van der Waals surface area contributed by atoms with E-state index in [4.69, 9.17) is 5.73 Å². The predicted molar refractivity (Wildman–Crippen MR) is 68.1 cm³/mol. The number of aliphatic hydroxyl groups excluding tert-OH is 1. The van der Waals surface area contributed by atoms with Crippen molar-refractivity contribution in [3.05, 3.63) is 16.1 Å². The lowest BCUT2D eigenvalue weighted by atomic mass is 10.2. The van der Waals surface area contributed by atoms with Gasteiger partial charge in [0.15, 0.2) is 0 Å². The van der Waals surface area contributed by atoms with E-state index in [1.54, 1.807) is 5.38 Å². The number of aromatic nitrogens is 1. The number of aliphatic hydroxyl groups is 1. The van der Waals surface area contributed by atoms with Crippen molar-refractivity contribution in [1.29, 1.82) is 0 Å². The SMILES string of the molecule is CCCC(O)CNC(=O)c1csc(CCN)n1. The van der Waals surface area contributed by atoms with E-state index in [-0.39, 0.29) is 12.5 Å². The van der Waals surface area contributed by atoms with Gasteiger partial charge in [-0.2, -0.15) is 0 Å². The van der Waals surface area contributed by atoms with E-state index in [0.717, 1.165) is 11.4 Å². The summed E-state index contributed by atoms with van der Waals surface area (Å²) < 4.78 is 0. The third-order valence-electron chi connectivity index (χ3n) is 2.26. The van der Waals surface area contributed by atoms with Crippen LogP contribution < -0.4 is 11.1 Å². The zero-order chi connectivity index (χ0) is 12.7. The Hall–Kier alpha value is -0.980. The molecule has 6 heteroatoms. The van der Waals surface area contributed by atoms with Gasteiger partial charge >= 0.3 is 0 Å². The van der Waals surface area contributed by atoms with Gasteiger partial charge in [-0.25, -0.2) is 4.98 Å². The first kappa shape index (κ1) is 14.1. The number of nitrogens with zero attached hydrogens (tertiary/aromatic N) is 1. The molecule has 17 heavy (non-hydrogen) atoms. The van der Waals surface area contributed by atoms with Crippen LogP contribution in [0.15, 0.2) is 5.38 Å². The Labute approximate surface area is 105 Å². The number of rotatable bonds is 7. The molecular weight excluding hydrogens is 238 g/mol. The van der Waals surface area contributed by atoms with Gasteiger partial charge in [-0.1, -0.05) is 13.3 Å². The van der Waals surface area contributed by atoms with Gasteiger partial charge in [0.05, 0.1) is 11.1 Å². The van der Waals surface area contributed by atoms with Crippen molar-refractivity contribution in [3.63, 3.8) is 0 Å². The molecule has 1 aromatic rings. The molecule has 0 aromatic carbocycles. The van der Waals surface area contributed by atoms with Crippen molar-refractivity contribution in [1.82, 2.24) is 10.3 Å². The first-order valence-electron chi connectivity index (χ1n) is 5.78. The molecule has 0 saturated heterocycles. The maximum absolute atomic E-state index is 11.7. The molecule has 0 fully saturated rings. The van der Waals surface area contributed by atoms with Crippen LogP contribution in [-0.4, -0.2) is 35.2 Å². The number of nitrogens with one attached hydrogen (secondary N) is 1. The number of hydrogen-bond donors (Lipinski definition) is 3. The van der Waals surface area contributed by atoms with E-state index in [1.807, 2.05) is 6.92 Å². The normalized spacial score (nSPS) is 12.4. The van der Waals surface area contributed by atoms with Crippen molar-refractivity contribution in [2.75, 3.05) is 13.1 Å². The molecule has 1 rings (SSSR count). The molecular formula is C11H19N3O2S. The second kappa shape index (κ2) is 7.37. The fraction of sp³-hybridized carbons (Fsp3) is 0.636. The number of carbonyl (C=O) groups is 1. The third-order valence-corrected chi connectivity index (χ3v) is 3.17. The van der Waals surface area contributed by atoms with E-state index in [0.29, 0.717) is 25.1 Å². The van der Waals surface area contributed by atoms with Crippen molar-refractivity contribution >= 4 is 17.2 Å². The van der Waals surface area contributed by atoms with E-state index in [2.05, 4.69) is 10.3 Å². The Morgan fingerprint density at radius 2 is 2.47 bits per heavy atom. The summed E-state index contributed by atoms with van der Waals surface area (Å²) in [6, 6.07) is 0. The maximum atomic E-state index is 11.7. The largest absolute Gasteiger partial charge is 0.391 e. The fourth-order valence-electron chi connectivity index (χ4n) is 1.39. The fourth-order valence-corrected chi connectivity index (χ4v) is 2.18. The summed E-state index contributed by atoms with van der Waals surface area (Å²) >= 11 is 1.43.